The monoisotopic (exact) mass is 505 g/mol. The number of rotatable bonds is 8. The molecule has 9 nitrogen and oxygen atoms in total. The van der Waals surface area contributed by atoms with E-state index in [2.05, 4.69) is 21.3 Å². The molecule has 12 heteroatoms. The Kier molecular flexibility index (Phi) is 10.0. The molecule has 1 aromatic rings. The molecule has 3 rings (SSSR count). The summed E-state index contributed by atoms with van der Waals surface area (Å²) in [7, 11) is 7.27. The summed E-state index contributed by atoms with van der Waals surface area (Å²) in [6.07, 6.45) is 4.66. The highest BCUT2D eigenvalue weighted by molar-refractivity contribution is 6.56. The molecule has 0 aliphatic carbocycles. The summed E-state index contributed by atoms with van der Waals surface area (Å²) in [5.41, 5.74) is 2.18. The van der Waals surface area contributed by atoms with Crippen LogP contribution in [0.2, 0.25) is 0 Å². The number of carbonyl (C=O) groups excluding carboxylic acids is 4. The number of anilines is 1. The summed E-state index contributed by atoms with van der Waals surface area (Å²) in [6.45, 7) is 2.04. The van der Waals surface area contributed by atoms with Crippen LogP contribution in [0.4, 0.5) is 5.69 Å². The van der Waals surface area contributed by atoms with Crippen molar-refractivity contribution in [2.45, 2.75) is 76.2 Å². The summed E-state index contributed by atoms with van der Waals surface area (Å²) >= 11 is 0. The zero-order chi connectivity index (χ0) is 27.1. The first-order chi connectivity index (χ1) is 17.6. The highest BCUT2D eigenvalue weighted by Crippen LogP contribution is 2.31. The number of likely N-dealkylation sites (N-methyl/N-ethyl adjacent to an activating group) is 1. The maximum absolute atomic E-state index is 13.5. The van der Waals surface area contributed by atoms with Gasteiger partial charge in [-0.25, -0.2) is 0 Å². The van der Waals surface area contributed by atoms with E-state index in [0.29, 0.717) is 24.0 Å². The maximum atomic E-state index is 13.5. The van der Waals surface area contributed by atoms with E-state index in [-0.39, 0.29) is 36.2 Å². The standard InChI is InChI=1S/C25H38B3N5O4/c1-14(29-2)22(34)32-18-9-4-3-8-17-10-11-19(33(17)25(18)37)23(35)30-13-15-6-5-7-16(12-15)31-24(36)20(26)21(27)28/h5-7,12,14,17-19,29H,3-4,8-11,13,26-28H2,1-2H3,(H,30,35)(H,31,36)(H,32,34)/t14-,17-,18-,19-/m0/s1. The van der Waals surface area contributed by atoms with Crippen LogP contribution in [0.15, 0.2) is 35.1 Å². The van der Waals surface area contributed by atoms with Crippen molar-refractivity contribution in [1.82, 2.24) is 20.9 Å². The Bertz CT molecular complexity index is 1060. The van der Waals surface area contributed by atoms with Crippen molar-refractivity contribution >= 4 is 52.9 Å². The lowest BCUT2D eigenvalue weighted by molar-refractivity contribution is -0.144. The molecule has 4 N–H and O–H groups in total. The third kappa shape index (κ3) is 7.28. The van der Waals surface area contributed by atoms with Gasteiger partial charge in [-0.1, -0.05) is 25.0 Å². The van der Waals surface area contributed by atoms with E-state index in [0.717, 1.165) is 36.6 Å². The fraction of sp³-hybridized carbons (Fsp3) is 0.520. The van der Waals surface area contributed by atoms with Crippen LogP contribution in [-0.2, 0) is 25.7 Å². The van der Waals surface area contributed by atoms with E-state index in [9.17, 15) is 19.2 Å². The minimum absolute atomic E-state index is 0.0153. The maximum Gasteiger partial charge on any atom is 0.246 e. The molecule has 2 heterocycles. The summed E-state index contributed by atoms with van der Waals surface area (Å²) in [4.78, 5) is 53.3. The van der Waals surface area contributed by atoms with Crippen molar-refractivity contribution in [3.8, 4) is 0 Å². The van der Waals surface area contributed by atoms with Gasteiger partial charge >= 0.3 is 0 Å². The number of benzene rings is 1. The normalized spacial score (nSPS) is 22.2. The zero-order valence-corrected chi connectivity index (χ0v) is 22.6. The number of fused-ring (bicyclic) bond motifs is 1. The molecule has 0 saturated carbocycles. The van der Waals surface area contributed by atoms with Crippen molar-refractivity contribution < 1.29 is 19.2 Å². The van der Waals surface area contributed by atoms with Crippen LogP contribution in [0.5, 0.6) is 0 Å². The molecule has 196 valence electrons. The smallest absolute Gasteiger partial charge is 0.246 e. The molecular weight excluding hydrogens is 467 g/mol. The number of carbonyl (C=O) groups is 4. The molecule has 2 saturated heterocycles. The van der Waals surface area contributed by atoms with Crippen LogP contribution in [0.25, 0.3) is 0 Å². The molecular formula is C25H38B3N5O4. The first kappa shape index (κ1) is 28.6. The van der Waals surface area contributed by atoms with Crippen molar-refractivity contribution in [3.63, 3.8) is 0 Å². The molecule has 37 heavy (non-hydrogen) atoms. The van der Waals surface area contributed by atoms with Crippen LogP contribution in [0.3, 0.4) is 0 Å². The van der Waals surface area contributed by atoms with Gasteiger partial charge < -0.3 is 26.2 Å². The van der Waals surface area contributed by atoms with E-state index in [4.69, 9.17) is 0 Å². The fourth-order valence-corrected chi connectivity index (χ4v) is 4.87. The van der Waals surface area contributed by atoms with Gasteiger partial charge in [0.1, 0.15) is 35.6 Å². The van der Waals surface area contributed by atoms with Crippen LogP contribution in [0, 0.1) is 0 Å². The van der Waals surface area contributed by atoms with Gasteiger partial charge in [0, 0.05) is 18.3 Å². The average molecular weight is 505 g/mol. The minimum atomic E-state index is -0.621. The summed E-state index contributed by atoms with van der Waals surface area (Å²) in [6, 6.07) is 5.80. The highest BCUT2D eigenvalue weighted by atomic mass is 16.2. The third-order valence-corrected chi connectivity index (χ3v) is 7.52. The summed E-state index contributed by atoms with van der Waals surface area (Å²) < 4.78 is 0. The molecule has 4 atom stereocenters. The molecule has 2 fully saturated rings. The van der Waals surface area contributed by atoms with Crippen LogP contribution < -0.4 is 21.3 Å². The topological polar surface area (TPSA) is 120 Å². The van der Waals surface area contributed by atoms with Crippen LogP contribution in [-0.4, -0.2) is 83.3 Å². The van der Waals surface area contributed by atoms with Crippen molar-refractivity contribution in [2.75, 3.05) is 12.4 Å². The number of hydrogen-bond acceptors (Lipinski definition) is 5. The zero-order valence-electron chi connectivity index (χ0n) is 22.6. The van der Waals surface area contributed by atoms with Gasteiger partial charge in [0.2, 0.25) is 23.6 Å². The molecule has 0 spiro atoms. The Balaban J connectivity index is 1.66. The second kappa shape index (κ2) is 13.0. The van der Waals surface area contributed by atoms with E-state index in [1.807, 2.05) is 40.0 Å². The van der Waals surface area contributed by atoms with Crippen LogP contribution in [0.1, 0.15) is 51.0 Å². The Morgan fingerprint density at radius 2 is 1.81 bits per heavy atom. The molecule has 2 aliphatic rings. The van der Waals surface area contributed by atoms with E-state index in [1.54, 1.807) is 26.7 Å². The first-order valence-corrected chi connectivity index (χ1v) is 13.2. The van der Waals surface area contributed by atoms with E-state index < -0.39 is 18.1 Å². The fourth-order valence-electron chi connectivity index (χ4n) is 4.87. The van der Waals surface area contributed by atoms with E-state index in [1.165, 1.54) is 0 Å². The molecule has 1 aromatic carbocycles. The number of amides is 4. The van der Waals surface area contributed by atoms with Crippen molar-refractivity contribution in [2.24, 2.45) is 0 Å². The average Bonchev–Trinajstić information content (AvgIpc) is 3.30. The quantitative estimate of drug-likeness (QED) is 0.249. The first-order valence-electron chi connectivity index (χ1n) is 13.2. The predicted molar refractivity (Wildman–Crippen MR) is 152 cm³/mol. The summed E-state index contributed by atoms with van der Waals surface area (Å²) in [5.74, 6) is -0.734. The molecule has 0 unspecified atom stereocenters. The Morgan fingerprint density at radius 1 is 1.08 bits per heavy atom. The van der Waals surface area contributed by atoms with Gasteiger partial charge in [0.15, 0.2) is 0 Å². The van der Waals surface area contributed by atoms with Gasteiger partial charge in [0.25, 0.3) is 0 Å². The van der Waals surface area contributed by atoms with Gasteiger partial charge in [-0.3, -0.25) is 19.2 Å². The molecule has 2 aliphatic heterocycles. The van der Waals surface area contributed by atoms with Gasteiger partial charge in [-0.05, 0) is 62.8 Å². The Morgan fingerprint density at radius 3 is 2.51 bits per heavy atom. The lowest BCUT2D eigenvalue weighted by Crippen LogP contribution is -2.57. The molecule has 0 bridgehead atoms. The Labute approximate surface area is 222 Å². The van der Waals surface area contributed by atoms with Gasteiger partial charge in [-0.15, -0.1) is 5.37 Å². The summed E-state index contributed by atoms with van der Waals surface area (Å²) in [5, 5.41) is 12.6. The second-order valence-corrected chi connectivity index (χ2v) is 10.3. The lowest BCUT2D eigenvalue weighted by Gasteiger charge is -2.35. The van der Waals surface area contributed by atoms with E-state index >= 15 is 0 Å². The molecule has 0 aromatic heterocycles. The highest BCUT2D eigenvalue weighted by Gasteiger charge is 2.43. The minimum Gasteiger partial charge on any atom is -0.350 e. The Hall–Kier alpha value is -3.01. The largest absolute Gasteiger partial charge is 0.350 e. The molecule has 0 radical (unpaired) electrons. The number of hydrogen-bond donors (Lipinski definition) is 4. The molecule has 4 amide bonds. The number of nitrogens with one attached hydrogen (secondary N) is 4. The van der Waals surface area contributed by atoms with Crippen molar-refractivity contribution in [3.05, 3.63) is 40.7 Å². The second-order valence-electron chi connectivity index (χ2n) is 10.3. The lowest BCUT2D eigenvalue weighted by atomic mass is 9.69. The number of nitrogens with zero attached hydrogens (tertiary/aromatic N) is 1. The van der Waals surface area contributed by atoms with Gasteiger partial charge in [-0.2, -0.15) is 0 Å². The third-order valence-electron chi connectivity index (χ3n) is 7.52. The van der Waals surface area contributed by atoms with Crippen molar-refractivity contribution in [1.29, 1.82) is 0 Å². The van der Waals surface area contributed by atoms with Gasteiger partial charge in [0.05, 0.1) is 6.04 Å². The predicted octanol–water partition coefficient (Wildman–Crippen LogP) is -1.66. The van der Waals surface area contributed by atoms with Crippen LogP contribution >= 0.6 is 0 Å². The SMILES string of the molecule is BC(B)=C(B)C(=O)Nc1cccc(CNC(=O)[C@@H]2CC[C@@H]3CCCC[C@H](NC(=O)[C@H](C)NC)C(=O)N32)c1.